The number of carbonyl (C=O) groups is 1. The lowest BCUT2D eigenvalue weighted by molar-refractivity contribution is -0.115. The van der Waals surface area contributed by atoms with Crippen LogP contribution in [-0.2, 0) is 17.6 Å². The van der Waals surface area contributed by atoms with Crippen molar-refractivity contribution < 1.29 is 13.9 Å². The monoisotopic (exact) mass is 349 g/mol. The lowest BCUT2D eigenvalue weighted by Gasteiger charge is -2.12. The molecule has 0 aliphatic heterocycles. The molecule has 0 spiro atoms. The summed E-state index contributed by atoms with van der Waals surface area (Å²) in [6.45, 7) is 0. The maximum atomic E-state index is 13.7. The second-order valence-corrected chi connectivity index (χ2v) is 6.01. The van der Waals surface area contributed by atoms with Crippen LogP contribution < -0.4 is 10.1 Å². The van der Waals surface area contributed by atoms with Gasteiger partial charge in [0, 0.05) is 17.7 Å². The summed E-state index contributed by atoms with van der Waals surface area (Å²) in [5.41, 5.74) is 3.17. The average molecular weight is 349 g/mol. The number of halogens is 1. The van der Waals surface area contributed by atoms with Crippen molar-refractivity contribution in [2.75, 3.05) is 12.4 Å². The summed E-state index contributed by atoms with van der Waals surface area (Å²) < 4.78 is 19.1. The number of anilines is 1. The Balaban J connectivity index is 1.75. The molecule has 3 rings (SSSR count). The molecule has 3 aromatic rings. The maximum Gasteiger partial charge on any atom is 0.228 e. The normalized spacial score (nSPS) is 10.4. The maximum absolute atomic E-state index is 13.7. The van der Waals surface area contributed by atoms with E-state index in [1.54, 1.807) is 31.4 Å². The van der Waals surface area contributed by atoms with E-state index in [-0.39, 0.29) is 18.1 Å². The molecule has 0 saturated heterocycles. The van der Waals surface area contributed by atoms with E-state index in [2.05, 4.69) is 5.32 Å². The lowest BCUT2D eigenvalue weighted by atomic mass is 10.0. The number of hydrogen-bond donors (Lipinski definition) is 1. The highest BCUT2D eigenvalue weighted by Gasteiger charge is 2.10. The van der Waals surface area contributed by atoms with Gasteiger partial charge in [-0.15, -0.1) is 0 Å². The largest absolute Gasteiger partial charge is 0.496 e. The van der Waals surface area contributed by atoms with Crippen molar-refractivity contribution in [2.45, 2.75) is 12.8 Å². The number of rotatable bonds is 6. The van der Waals surface area contributed by atoms with Gasteiger partial charge in [0.05, 0.1) is 13.5 Å². The minimum atomic E-state index is -0.373. The highest BCUT2D eigenvalue weighted by molar-refractivity contribution is 5.92. The van der Waals surface area contributed by atoms with Crippen molar-refractivity contribution in [1.82, 2.24) is 0 Å². The molecule has 0 saturated carbocycles. The van der Waals surface area contributed by atoms with Crippen molar-refractivity contribution in [3.8, 4) is 5.75 Å². The Labute approximate surface area is 152 Å². The van der Waals surface area contributed by atoms with Crippen LogP contribution in [0.4, 0.5) is 10.1 Å². The molecule has 0 aromatic heterocycles. The Bertz CT molecular complexity index is 894. The van der Waals surface area contributed by atoms with Gasteiger partial charge in [0.25, 0.3) is 0 Å². The van der Waals surface area contributed by atoms with Crippen LogP contribution >= 0.6 is 0 Å². The summed E-state index contributed by atoms with van der Waals surface area (Å²) in [6.07, 6.45) is 0.688. The predicted molar refractivity (Wildman–Crippen MR) is 101 cm³/mol. The fourth-order valence-electron chi connectivity index (χ4n) is 2.83. The van der Waals surface area contributed by atoms with E-state index in [9.17, 15) is 9.18 Å². The molecule has 0 fully saturated rings. The molecule has 4 heteroatoms. The fraction of sp³-hybridized carbons (Fsp3) is 0.136. The van der Waals surface area contributed by atoms with Gasteiger partial charge in [-0.2, -0.15) is 0 Å². The van der Waals surface area contributed by atoms with Gasteiger partial charge in [0.2, 0.25) is 5.91 Å². The van der Waals surface area contributed by atoms with E-state index in [0.29, 0.717) is 17.7 Å². The minimum Gasteiger partial charge on any atom is -0.496 e. The average Bonchev–Trinajstić information content (AvgIpc) is 2.65. The third-order valence-electron chi connectivity index (χ3n) is 4.11. The molecule has 0 radical (unpaired) electrons. The van der Waals surface area contributed by atoms with Gasteiger partial charge in [-0.3, -0.25) is 4.79 Å². The highest BCUT2D eigenvalue weighted by atomic mass is 19.1. The van der Waals surface area contributed by atoms with Crippen LogP contribution in [0.3, 0.4) is 0 Å². The summed E-state index contributed by atoms with van der Waals surface area (Å²) in [4.78, 5) is 12.2. The molecule has 132 valence electrons. The van der Waals surface area contributed by atoms with Crippen LogP contribution in [0.1, 0.15) is 16.7 Å². The number of methoxy groups -OCH3 is 1. The van der Waals surface area contributed by atoms with Crippen LogP contribution in [0.2, 0.25) is 0 Å². The fourth-order valence-corrected chi connectivity index (χ4v) is 2.83. The molecule has 1 amide bonds. The van der Waals surface area contributed by atoms with Crippen molar-refractivity contribution in [2.24, 2.45) is 0 Å². The lowest BCUT2D eigenvalue weighted by Crippen LogP contribution is -2.15. The van der Waals surface area contributed by atoms with Gasteiger partial charge in [-0.1, -0.05) is 48.5 Å². The molecule has 0 heterocycles. The SMILES string of the molecule is COc1ccc(NC(=O)Cc2ccccc2F)cc1Cc1ccccc1. The number of hydrogen-bond acceptors (Lipinski definition) is 2. The Morgan fingerprint density at radius 1 is 0.962 bits per heavy atom. The molecule has 0 atom stereocenters. The first-order valence-electron chi connectivity index (χ1n) is 8.40. The van der Waals surface area contributed by atoms with Gasteiger partial charge in [0.15, 0.2) is 0 Å². The van der Waals surface area contributed by atoms with Gasteiger partial charge in [-0.25, -0.2) is 4.39 Å². The third kappa shape index (κ3) is 4.48. The van der Waals surface area contributed by atoms with E-state index in [1.807, 2.05) is 42.5 Å². The summed E-state index contributed by atoms with van der Waals surface area (Å²) in [6, 6.07) is 21.8. The van der Waals surface area contributed by atoms with Crippen LogP contribution in [0.25, 0.3) is 0 Å². The van der Waals surface area contributed by atoms with Gasteiger partial charge < -0.3 is 10.1 Å². The standard InChI is InChI=1S/C22H20FNO2/c1-26-21-12-11-19(14-18(21)13-16-7-3-2-4-8-16)24-22(25)15-17-9-5-6-10-20(17)23/h2-12,14H,13,15H2,1H3,(H,24,25). The first-order chi connectivity index (χ1) is 12.7. The van der Waals surface area contributed by atoms with Gasteiger partial charge in [-0.05, 0) is 35.4 Å². The van der Waals surface area contributed by atoms with Crippen molar-refractivity contribution >= 4 is 11.6 Å². The van der Waals surface area contributed by atoms with Crippen molar-refractivity contribution in [3.05, 3.63) is 95.3 Å². The Hall–Kier alpha value is -3.14. The molecule has 0 bridgehead atoms. The molecular weight excluding hydrogens is 329 g/mol. The zero-order valence-corrected chi connectivity index (χ0v) is 14.5. The quantitative estimate of drug-likeness (QED) is 0.706. The Morgan fingerprint density at radius 3 is 2.42 bits per heavy atom. The highest BCUT2D eigenvalue weighted by Crippen LogP contribution is 2.25. The molecule has 3 aromatic carbocycles. The Morgan fingerprint density at radius 2 is 1.69 bits per heavy atom. The summed E-state index contributed by atoms with van der Waals surface area (Å²) >= 11 is 0. The van der Waals surface area contributed by atoms with E-state index < -0.39 is 0 Å². The molecule has 3 nitrogen and oxygen atoms in total. The molecular formula is C22H20FNO2. The third-order valence-corrected chi connectivity index (χ3v) is 4.11. The van der Waals surface area contributed by atoms with Crippen LogP contribution in [0.5, 0.6) is 5.75 Å². The first-order valence-corrected chi connectivity index (χ1v) is 8.40. The van der Waals surface area contributed by atoms with E-state index in [0.717, 1.165) is 16.9 Å². The zero-order valence-electron chi connectivity index (χ0n) is 14.5. The van der Waals surface area contributed by atoms with Crippen molar-refractivity contribution in [3.63, 3.8) is 0 Å². The van der Waals surface area contributed by atoms with Gasteiger partial charge in [0.1, 0.15) is 11.6 Å². The number of amides is 1. The second-order valence-electron chi connectivity index (χ2n) is 6.01. The number of benzene rings is 3. The number of nitrogens with one attached hydrogen (secondary N) is 1. The molecule has 0 aliphatic rings. The summed E-state index contributed by atoms with van der Waals surface area (Å²) in [5, 5.41) is 2.83. The topological polar surface area (TPSA) is 38.3 Å². The molecule has 1 N–H and O–H groups in total. The van der Waals surface area contributed by atoms with E-state index >= 15 is 0 Å². The summed E-state index contributed by atoms with van der Waals surface area (Å²) in [5.74, 6) is 0.133. The van der Waals surface area contributed by atoms with Crippen LogP contribution in [-0.4, -0.2) is 13.0 Å². The number of carbonyl (C=O) groups excluding carboxylic acids is 1. The zero-order chi connectivity index (χ0) is 18.4. The molecule has 0 unspecified atom stereocenters. The van der Waals surface area contributed by atoms with Crippen LogP contribution in [0.15, 0.2) is 72.8 Å². The van der Waals surface area contributed by atoms with E-state index in [1.165, 1.54) is 6.07 Å². The smallest absolute Gasteiger partial charge is 0.228 e. The van der Waals surface area contributed by atoms with Crippen LogP contribution in [0, 0.1) is 5.82 Å². The second kappa shape index (κ2) is 8.30. The molecule has 0 aliphatic carbocycles. The van der Waals surface area contributed by atoms with E-state index in [4.69, 9.17) is 4.74 Å². The summed E-state index contributed by atoms with van der Waals surface area (Å²) in [7, 11) is 1.63. The molecule has 26 heavy (non-hydrogen) atoms. The van der Waals surface area contributed by atoms with Gasteiger partial charge >= 0.3 is 0 Å². The predicted octanol–water partition coefficient (Wildman–Crippen LogP) is 4.61. The first kappa shape index (κ1) is 17.7. The van der Waals surface area contributed by atoms with Crippen molar-refractivity contribution in [1.29, 1.82) is 0 Å². The Kier molecular flexibility index (Phi) is 5.64. The minimum absolute atomic E-state index is 0.00722. The number of ether oxygens (including phenoxy) is 1.